The highest BCUT2D eigenvalue weighted by molar-refractivity contribution is 5.78. The van der Waals surface area contributed by atoms with Crippen LogP contribution in [0, 0.1) is 6.92 Å². The first-order chi connectivity index (χ1) is 8.52. The zero-order chi connectivity index (χ0) is 13.5. The monoisotopic (exact) mass is 249 g/mol. The molecular formula is C14H23N3O. The van der Waals surface area contributed by atoms with Gasteiger partial charge in [-0.15, -0.1) is 0 Å². The fraction of sp³-hybridized carbons (Fsp3) is 0.500. The van der Waals surface area contributed by atoms with Crippen molar-refractivity contribution in [3.05, 3.63) is 29.3 Å². The molecule has 0 amide bonds. The summed E-state index contributed by atoms with van der Waals surface area (Å²) >= 11 is 0. The van der Waals surface area contributed by atoms with Gasteiger partial charge in [0.05, 0.1) is 7.11 Å². The summed E-state index contributed by atoms with van der Waals surface area (Å²) in [5.74, 6) is 1.42. The lowest BCUT2D eigenvalue weighted by Gasteiger charge is -2.09. The van der Waals surface area contributed by atoms with Gasteiger partial charge in [0.15, 0.2) is 5.96 Å². The summed E-state index contributed by atoms with van der Waals surface area (Å²) in [7, 11) is 1.69. The second kappa shape index (κ2) is 6.89. The predicted molar refractivity (Wildman–Crippen MR) is 76.2 cm³/mol. The van der Waals surface area contributed by atoms with E-state index >= 15 is 0 Å². The van der Waals surface area contributed by atoms with Crippen molar-refractivity contribution in [2.24, 2.45) is 10.7 Å². The molecule has 4 nitrogen and oxygen atoms in total. The summed E-state index contributed by atoms with van der Waals surface area (Å²) in [5.41, 5.74) is 8.08. The van der Waals surface area contributed by atoms with E-state index in [1.54, 1.807) is 7.11 Å². The summed E-state index contributed by atoms with van der Waals surface area (Å²) in [6, 6.07) is 6.53. The van der Waals surface area contributed by atoms with E-state index in [-0.39, 0.29) is 0 Å². The Labute approximate surface area is 109 Å². The van der Waals surface area contributed by atoms with E-state index in [0.717, 1.165) is 17.7 Å². The van der Waals surface area contributed by atoms with E-state index in [1.165, 1.54) is 5.56 Å². The first-order valence-corrected chi connectivity index (χ1v) is 6.23. The Kier molecular flexibility index (Phi) is 5.49. The van der Waals surface area contributed by atoms with Gasteiger partial charge in [0.25, 0.3) is 0 Å². The molecular weight excluding hydrogens is 226 g/mol. The average molecular weight is 249 g/mol. The number of ether oxygens (including phenoxy) is 1. The molecule has 0 atom stereocenters. The van der Waals surface area contributed by atoms with Gasteiger partial charge in [-0.1, -0.05) is 12.1 Å². The van der Waals surface area contributed by atoms with Crippen LogP contribution >= 0.6 is 0 Å². The summed E-state index contributed by atoms with van der Waals surface area (Å²) in [5, 5.41) is 3.06. The van der Waals surface area contributed by atoms with Crippen LogP contribution in [-0.4, -0.2) is 25.7 Å². The molecule has 18 heavy (non-hydrogen) atoms. The first-order valence-electron chi connectivity index (χ1n) is 6.23. The molecule has 0 fully saturated rings. The number of aliphatic imine (C=N–C) groups is 1. The van der Waals surface area contributed by atoms with E-state index < -0.39 is 0 Å². The Morgan fingerprint density at radius 3 is 2.78 bits per heavy atom. The van der Waals surface area contributed by atoms with Crippen molar-refractivity contribution >= 4 is 5.96 Å². The van der Waals surface area contributed by atoms with Gasteiger partial charge in [0, 0.05) is 12.6 Å². The van der Waals surface area contributed by atoms with Gasteiger partial charge >= 0.3 is 0 Å². The minimum atomic E-state index is 0.313. The number of aryl methyl sites for hydroxylation is 1. The number of nitrogens with two attached hydrogens (primary N) is 1. The fourth-order valence-corrected chi connectivity index (χ4v) is 1.67. The van der Waals surface area contributed by atoms with Crippen molar-refractivity contribution in [1.82, 2.24) is 5.32 Å². The molecule has 0 saturated heterocycles. The quantitative estimate of drug-likeness (QED) is 0.618. The maximum atomic E-state index is 5.73. The second-order valence-electron chi connectivity index (χ2n) is 4.62. The van der Waals surface area contributed by atoms with Gasteiger partial charge in [0.2, 0.25) is 0 Å². The van der Waals surface area contributed by atoms with Gasteiger partial charge in [0.1, 0.15) is 5.75 Å². The summed E-state index contributed by atoms with van der Waals surface area (Å²) in [6.45, 7) is 6.78. The predicted octanol–water partition coefficient (Wildman–Crippen LogP) is 1.86. The molecule has 0 unspecified atom stereocenters. The average Bonchev–Trinajstić information content (AvgIpc) is 2.30. The van der Waals surface area contributed by atoms with Crippen molar-refractivity contribution in [3.8, 4) is 5.75 Å². The van der Waals surface area contributed by atoms with Crippen LogP contribution < -0.4 is 15.8 Å². The standard InChI is InChI=1S/C14H23N3O/c1-10(2)17-14(15)16-8-7-12-6-5-11(3)13(9-12)18-4/h5-6,9-10H,7-8H2,1-4H3,(H3,15,16,17). The third-order valence-electron chi connectivity index (χ3n) is 2.59. The lowest BCUT2D eigenvalue weighted by molar-refractivity contribution is 0.411. The number of nitrogens with one attached hydrogen (secondary N) is 1. The highest BCUT2D eigenvalue weighted by atomic mass is 16.5. The highest BCUT2D eigenvalue weighted by Crippen LogP contribution is 2.19. The second-order valence-corrected chi connectivity index (χ2v) is 4.62. The molecule has 3 N–H and O–H groups in total. The molecule has 100 valence electrons. The zero-order valence-corrected chi connectivity index (χ0v) is 11.7. The summed E-state index contributed by atoms with van der Waals surface area (Å²) in [4.78, 5) is 4.28. The molecule has 0 aliphatic heterocycles. The van der Waals surface area contributed by atoms with Gasteiger partial charge in [-0.25, -0.2) is 0 Å². The molecule has 1 rings (SSSR count). The number of rotatable bonds is 5. The van der Waals surface area contributed by atoms with E-state index in [0.29, 0.717) is 18.5 Å². The van der Waals surface area contributed by atoms with E-state index in [1.807, 2.05) is 20.8 Å². The molecule has 0 radical (unpaired) electrons. The zero-order valence-electron chi connectivity index (χ0n) is 11.7. The SMILES string of the molecule is COc1cc(CCN=C(N)NC(C)C)ccc1C. The molecule has 0 heterocycles. The van der Waals surface area contributed by atoms with Gasteiger partial charge in [-0.2, -0.15) is 0 Å². The lowest BCUT2D eigenvalue weighted by atomic mass is 10.1. The molecule has 4 heteroatoms. The van der Waals surface area contributed by atoms with Gasteiger partial charge < -0.3 is 15.8 Å². The molecule has 1 aromatic carbocycles. The summed E-state index contributed by atoms with van der Waals surface area (Å²) < 4.78 is 5.29. The van der Waals surface area contributed by atoms with Gasteiger partial charge in [-0.3, -0.25) is 4.99 Å². The topological polar surface area (TPSA) is 59.6 Å². The van der Waals surface area contributed by atoms with Crippen molar-refractivity contribution in [2.75, 3.05) is 13.7 Å². The third kappa shape index (κ3) is 4.65. The molecule has 0 aliphatic rings. The first kappa shape index (κ1) is 14.4. The maximum Gasteiger partial charge on any atom is 0.188 e. The normalized spacial score (nSPS) is 11.7. The third-order valence-corrected chi connectivity index (χ3v) is 2.59. The number of hydrogen-bond donors (Lipinski definition) is 2. The van der Waals surface area contributed by atoms with E-state index in [2.05, 4.69) is 28.5 Å². The maximum absolute atomic E-state index is 5.73. The number of benzene rings is 1. The molecule has 0 aliphatic carbocycles. The number of guanidine groups is 1. The van der Waals surface area contributed by atoms with Crippen LogP contribution in [0.3, 0.4) is 0 Å². The van der Waals surface area contributed by atoms with Crippen LogP contribution in [0.5, 0.6) is 5.75 Å². The highest BCUT2D eigenvalue weighted by Gasteiger charge is 2.00. The van der Waals surface area contributed by atoms with Crippen molar-refractivity contribution < 1.29 is 4.74 Å². The van der Waals surface area contributed by atoms with Crippen LogP contribution in [0.25, 0.3) is 0 Å². The molecule has 0 aromatic heterocycles. The van der Waals surface area contributed by atoms with Crippen LogP contribution in [0.4, 0.5) is 0 Å². The van der Waals surface area contributed by atoms with Crippen LogP contribution in [-0.2, 0) is 6.42 Å². The molecule has 0 spiro atoms. The van der Waals surface area contributed by atoms with Crippen molar-refractivity contribution in [3.63, 3.8) is 0 Å². The number of nitrogens with zero attached hydrogens (tertiary/aromatic N) is 1. The number of methoxy groups -OCH3 is 1. The fourth-order valence-electron chi connectivity index (χ4n) is 1.67. The molecule has 1 aromatic rings. The van der Waals surface area contributed by atoms with Crippen LogP contribution in [0.2, 0.25) is 0 Å². The Morgan fingerprint density at radius 1 is 1.44 bits per heavy atom. The number of hydrogen-bond acceptors (Lipinski definition) is 2. The lowest BCUT2D eigenvalue weighted by Crippen LogP contribution is -2.36. The largest absolute Gasteiger partial charge is 0.496 e. The van der Waals surface area contributed by atoms with Crippen molar-refractivity contribution in [2.45, 2.75) is 33.2 Å². The summed E-state index contributed by atoms with van der Waals surface area (Å²) in [6.07, 6.45) is 0.858. The Bertz CT molecular complexity index is 414. The smallest absolute Gasteiger partial charge is 0.188 e. The van der Waals surface area contributed by atoms with Crippen LogP contribution in [0.15, 0.2) is 23.2 Å². The van der Waals surface area contributed by atoms with E-state index in [4.69, 9.17) is 10.5 Å². The Morgan fingerprint density at radius 2 is 2.17 bits per heavy atom. The van der Waals surface area contributed by atoms with Gasteiger partial charge in [-0.05, 0) is 44.4 Å². The van der Waals surface area contributed by atoms with Crippen molar-refractivity contribution in [1.29, 1.82) is 0 Å². The minimum absolute atomic E-state index is 0.313. The Balaban J connectivity index is 2.53. The molecule has 0 saturated carbocycles. The Hall–Kier alpha value is -1.71. The van der Waals surface area contributed by atoms with E-state index in [9.17, 15) is 0 Å². The van der Waals surface area contributed by atoms with Crippen LogP contribution in [0.1, 0.15) is 25.0 Å². The molecule has 0 bridgehead atoms. The minimum Gasteiger partial charge on any atom is -0.496 e.